The summed E-state index contributed by atoms with van der Waals surface area (Å²) in [5.74, 6) is 2.92. The fourth-order valence-corrected chi connectivity index (χ4v) is 3.05. The molecule has 0 atom stereocenters. The van der Waals surface area contributed by atoms with E-state index < -0.39 is 0 Å². The van der Waals surface area contributed by atoms with Gasteiger partial charge >= 0.3 is 0 Å². The number of aliphatic imine (C=N–C) groups is 1. The van der Waals surface area contributed by atoms with Crippen molar-refractivity contribution in [2.45, 2.75) is 19.9 Å². The first-order valence-electron chi connectivity index (χ1n) is 7.37. The van der Waals surface area contributed by atoms with E-state index in [1.165, 1.54) is 9.75 Å². The van der Waals surface area contributed by atoms with E-state index in [1.54, 1.807) is 17.6 Å². The van der Waals surface area contributed by atoms with Crippen LogP contribution in [0.15, 0.2) is 39.9 Å². The van der Waals surface area contributed by atoms with Crippen LogP contribution in [-0.2, 0) is 13.0 Å². The van der Waals surface area contributed by atoms with E-state index in [1.807, 2.05) is 23.9 Å². The Morgan fingerprint density at radius 2 is 2.09 bits per heavy atom. The van der Waals surface area contributed by atoms with E-state index in [0.29, 0.717) is 6.54 Å². The first-order chi connectivity index (χ1) is 10.8. The maximum Gasteiger partial charge on any atom is 0.191 e. The number of thiophene rings is 1. The second-order valence-electron chi connectivity index (χ2n) is 4.85. The number of hydrogen-bond acceptors (Lipinski definition) is 4. The average Bonchev–Trinajstić information content (AvgIpc) is 3.16. The van der Waals surface area contributed by atoms with Crippen LogP contribution in [0.4, 0.5) is 0 Å². The summed E-state index contributed by atoms with van der Waals surface area (Å²) < 4.78 is 5.34. The zero-order valence-electron chi connectivity index (χ0n) is 13.5. The van der Waals surface area contributed by atoms with Gasteiger partial charge in [-0.1, -0.05) is 0 Å². The molecule has 0 bridgehead atoms. The summed E-state index contributed by atoms with van der Waals surface area (Å²) >= 11 is 3.62. The highest BCUT2D eigenvalue weighted by molar-refractivity contribution is 14.0. The molecule has 0 saturated carbocycles. The summed E-state index contributed by atoms with van der Waals surface area (Å²) in [6.45, 7) is 4.56. The van der Waals surface area contributed by atoms with Crippen molar-refractivity contribution >= 4 is 53.0 Å². The Kier molecular flexibility index (Phi) is 10.5. The van der Waals surface area contributed by atoms with Crippen molar-refractivity contribution in [2.75, 3.05) is 25.1 Å². The van der Waals surface area contributed by atoms with Gasteiger partial charge in [0.05, 0.1) is 12.8 Å². The quantitative estimate of drug-likeness (QED) is 0.269. The lowest BCUT2D eigenvalue weighted by atomic mass is 10.3. The van der Waals surface area contributed by atoms with Crippen molar-refractivity contribution in [3.63, 3.8) is 0 Å². The minimum absolute atomic E-state index is 0. The highest BCUT2D eigenvalue weighted by atomic mass is 127. The first-order valence-corrected chi connectivity index (χ1v) is 9.58. The van der Waals surface area contributed by atoms with Gasteiger partial charge in [0.1, 0.15) is 5.76 Å². The first kappa shape index (κ1) is 20.4. The molecule has 0 fully saturated rings. The minimum Gasteiger partial charge on any atom is -0.469 e. The fourth-order valence-electron chi connectivity index (χ4n) is 1.93. The number of guanidine groups is 1. The molecule has 0 aliphatic carbocycles. The molecular formula is C16H24IN3OS2. The number of aryl methyl sites for hydroxylation is 1. The molecule has 7 heteroatoms. The van der Waals surface area contributed by atoms with E-state index >= 15 is 0 Å². The Labute approximate surface area is 163 Å². The lowest BCUT2D eigenvalue weighted by Gasteiger charge is -2.11. The number of nitrogens with zero attached hydrogens (tertiary/aromatic N) is 1. The Balaban J connectivity index is 0.00000264. The predicted molar refractivity (Wildman–Crippen MR) is 112 cm³/mol. The SMILES string of the molecule is CSCCNC(=NCc1ccc(C)s1)NCCc1ccco1.I. The molecular weight excluding hydrogens is 441 g/mol. The van der Waals surface area contributed by atoms with Crippen molar-refractivity contribution < 1.29 is 4.42 Å². The zero-order valence-corrected chi connectivity index (χ0v) is 17.5. The van der Waals surface area contributed by atoms with Gasteiger partial charge in [-0.3, -0.25) is 0 Å². The van der Waals surface area contributed by atoms with Crippen LogP contribution < -0.4 is 10.6 Å². The van der Waals surface area contributed by atoms with E-state index in [9.17, 15) is 0 Å². The van der Waals surface area contributed by atoms with Crippen molar-refractivity contribution in [1.82, 2.24) is 10.6 Å². The van der Waals surface area contributed by atoms with Gasteiger partial charge in [0.15, 0.2) is 5.96 Å². The average molecular weight is 465 g/mol. The highest BCUT2D eigenvalue weighted by Crippen LogP contribution is 2.15. The van der Waals surface area contributed by atoms with Crippen molar-refractivity contribution in [2.24, 2.45) is 4.99 Å². The van der Waals surface area contributed by atoms with Gasteiger partial charge in [-0.25, -0.2) is 4.99 Å². The third kappa shape index (κ3) is 8.12. The maximum atomic E-state index is 5.34. The summed E-state index contributed by atoms with van der Waals surface area (Å²) in [7, 11) is 0. The van der Waals surface area contributed by atoms with E-state index in [0.717, 1.165) is 37.0 Å². The molecule has 2 rings (SSSR count). The number of thioether (sulfide) groups is 1. The largest absolute Gasteiger partial charge is 0.469 e. The van der Waals surface area contributed by atoms with E-state index in [2.05, 4.69) is 40.9 Å². The number of nitrogens with one attached hydrogen (secondary N) is 2. The Bertz CT molecular complexity index is 570. The normalized spacial score (nSPS) is 11.1. The monoisotopic (exact) mass is 465 g/mol. The third-order valence-corrected chi connectivity index (χ3v) is 4.63. The molecule has 0 spiro atoms. The molecule has 2 aromatic rings. The van der Waals surface area contributed by atoms with Crippen molar-refractivity contribution in [3.05, 3.63) is 46.0 Å². The van der Waals surface area contributed by atoms with Crippen LogP contribution in [0.1, 0.15) is 15.5 Å². The Morgan fingerprint density at radius 1 is 1.26 bits per heavy atom. The number of rotatable bonds is 8. The maximum absolute atomic E-state index is 5.34. The van der Waals surface area contributed by atoms with Crippen LogP contribution in [-0.4, -0.2) is 31.1 Å². The topological polar surface area (TPSA) is 49.6 Å². The smallest absolute Gasteiger partial charge is 0.191 e. The Hall–Kier alpha value is -0.670. The Morgan fingerprint density at radius 3 is 2.74 bits per heavy atom. The molecule has 4 nitrogen and oxygen atoms in total. The minimum atomic E-state index is 0. The van der Waals surface area contributed by atoms with Gasteiger partial charge in [0.2, 0.25) is 0 Å². The van der Waals surface area contributed by atoms with Crippen molar-refractivity contribution in [1.29, 1.82) is 0 Å². The molecule has 0 aromatic carbocycles. The lowest BCUT2D eigenvalue weighted by molar-refractivity contribution is 0.507. The van der Waals surface area contributed by atoms with Gasteiger partial charge in [-0.05, 0) is 37.4 Å². The molecule has 2 N–H and O–H groups in total. The van der Waals surface area contributed by atoms with E-state index in [-0.39, 0.29) is 24.0 Å². The van der Waals surface area contributed by atoms with Crippen molar-refractivity contribution in [3.8, 4) is 0 Å². The highest BCUT2D eigenvalue weighted by Gasteiger charge is 2.01. The standard InChI is InChI=1S/C16H23N3OS2.HI/c1-13-5-6-15(22-13)12-19-16(18-9-11-21-2)17-8-7-14-4-3-10-20-14;/h3-6,10H,7-9,11-12H2,1-2H3,(H2,17,18,19);1H. The van der Waals surface area contributed by atoms with Crippen LogP contribution in [0.2, 0.25) is 0 Å². The van der Waals surface area contributed by atoms with Gasteiger partial charge < -0.3 is 15.1 Å². The molecule has 23 heavy (non-hydrogen) atoms. The van der Waals surface area contributed by atoms with Crippen LogP contribution >= 0.6 is 47.1 Å². The van der Waals surface area contributed by atoms with Gasteiger partial charge in [-0.15, -0.1) is 35.3 Å². The summed E-state index contributed by atoms with van der Waals surface area (Å²) in [6.07, 6.45) is 4.67. The molecule has 0 unspecified atom stereocenters. The zero-order chi connectivity index (χ0) is 15.6. The third-order valence-electron chi connectivity index (χ3n) is 3.03. The second kappa shape index (κ2) is 11.8. The summed E-state index contributed by atoms with van der Waals surface area (Å²) in [5.41, 5.74) is 0. The molecule has 0 aliphatic rings. The number of furan rings is 1. The van der Waals surface area contributed by atoms with Crippen LogP contribution in [0.5, 0.6) is 0 Å². The van der Waals surface area contributed by atoms with Crippen LogP contribution in [0, 0.1) is 6.92 Å². The molecule has 0 aliphatic heterocycles. The lowest BCUT2D eigenvalue weighted by Crippen LogP contribution is -2.39. The molecule has 128 valence electrons. The van der Waals surface area contributed by atoms with Gasteiger partial charge in [-0.2, -0.15) is 11.8 Å². The van der Waals surface area contributed by atoms with Crippen LogP contribution in [0.3, 0.4) is 0 Å². The molecule has 2 heterocycles. The van der Waals surface area contributed by atoms with Gasteiger partial charge in [0, 0.05) is 35.0 Å². The second-order valence-corrected chi connectivity index (χ2v) is 7.21. The predicted octanol–water partition coefficient (Wildman–Crippen LogP) is 3.91. The summed E-state index contributed by atoms with van der Waals surface area (Å²) in [4.78, 5) is 7.28. The molecule has 0 saturated heterocycles. The number of halogens is 1. The van der Waals surface area contributed by atoms with Gasteiger partial charge in [0.25, 0.3) is 0 Å². The molecule has 0 radical (unpaired) electrons. The van der Waals surface area contributed by atoms with Crippen LogP contribution in [0.25, 0.3) is 0 Å². The number of hydrogen-bond donors (Lipinski definition) is 2. The summed E-state index contributed by atoms with van der Waals surface area (Å²) in [6, 6.07) is 8.20. The molecule has 0 amide bonds. The van der Waals surface area contributed by atoms with E-state index in [4.69, 9.17) is 4.42 Å². The fraction of sp³-hybridized carbons (Fsp3) is 0.438. The summed E-state index contributed by atoms with van der Waals surface area (Å²) in [5, 5.41) is 6.74. The molecule has 2 aromatic heterocycles.